The molecule has 0 saturated carbocycles. The van der Waals surface area contributed by atoms with Gasteiger partial charge < -0.3 is 35.5 Å². The van der Waals surface area contributed by atoms with Crippen molar-refractivity contribution in [2.75, 3.05) is 0 Å². The summed E-state index contributed by atoms with van der Waals surface area (Å²) in [4.78, 5) is 48.7. The highest BCUT2D eigenvalue weighted by Gasteiger charge is 2.71. The monoisotopic (exact) mass is 692 g/mol. The summed E-state index contributed by atoms with van der Waals surface area (Å²) < 4.78 is 6.43. The molecule has 51 heavy (non-hydrogen) atoms. The van der Waals surface area contributed by atoms with E-state index in [1.165, 1.54) is 0 Å². The van der Waals surface area contributed by atoms with Crippen molar-refractivity contribution in [3.8, 4) is 17.2 Å². The van der Waals surface area contributed by atoms with Crippen LogP contribution in [0.5, 0.6) is 17.2 Å². The van der Waals surface area contributed by atoms with Crippen LogP contribution in [-0.4, -0.2) is 55.0 Å². The van der Waals surface area contributed by atoms with Gasteiger partial charge in [-0.1, -0.05) is 61.9 Å². The van der Waals surface area contributed by atoms with E-state index in [0.29, 0.717) is 24.0 Å². The van der Waals surface area contributed by atoms with Gasteiger partial charge in [0.25, 0.3) is 0 Å². The molecule has 2 bridgehead atoms. The van der Waals surface area contributed by atoms with Gasteiger partial charge in [-0.25, -0.2) is 0 Å². The lowest BCUT2D eigenvalue weighted by Gasteiger charge is -2.47. The van der Waals surface area contributed by atoms with E-state index in [1.54, 1.807) is 13.8 Å². The number of aromatic hydroxyl groups is 3. The number of ketones is 2. The number of aromatic nitrogens is 1. The molecule has 1 amide bonds. The van der Waals surface area contributed by atoms with Gasteiger partial charge in [-0.2, -0.15) is 0 Å². The lowest BCUT2D eigenvalue weighted by atomic mass is 9.51. The molecule has 3 aromatic rings. The number of hydrogen-bond acceptors (Lipinski definition) is 8. The van der Waals surface area contributed by atoms with Crippen LogP contribution in [0.1, 0.15) is 68.6 Å². The van der Waals surface area contributed by atoms with E-state index in [9.17, 15) is 30.0 Å². The molecule has 1 spiro atoms. The number of aliphatic hydroxyl groups excluding tert-OH is 1. The minimum atomic E-state index is -1.66. The maximum absolute atomic E-state index is 15.9. The van der Waals surface area contributed by atoms with E-state index in [-0.39, 0.29) is 23.0 Å². The highest BCUT2D eigenvalue weighted by Crippen LogP contribution is 2.67. The van der Waals surface area contributed by atoms with E-state index < -0.39 is 88.2 Å². The Morgan fingerprint density at radius 1 is 0.902 bits per heavy atom. The Bertz CT molecular complexity index is 2110. The number of phenols is 3. The summed E-state index contributed by atoms with van der Waals surface area (Å²) in [6.45, 7) is 9.29. The number of ether oxygens (including phenoxy) is 1. The Morgan fingerprint density at radius 2 is 1.63 bits per heavy atom. The number of Topliss-reactive ketones (excluding diaryl/α,β-unsaturated/α-hetero) is 2. The Balaban J connectivity index is 1.34. The number of amides is 1. The van der Waals surface area contributed by atoms with E-state index in [2.05, 4.69) is 10.3 Å². The maximum atomic E-state index is 15.9. The zero-order valence-corrected chi connectivity index (χ0v) is 29.3. The van der Waals surface area contributed by atoms with E-state index >= 15 is 4.79 Å². The number of benzene rings is 2. The molecule has 2 saturated heterocycles. The van der Waals surface area contributed by atoms with Gasteiger partial charge in [-0.05, 0) is 68.2 Å². The second-order valence-corrected chi connectivity index (χ2v) is 15.5. The van der Waals surface area contributed by atoms with Crippen LogP contribution in [-0.2, 0) is 25.5 Å². The first-order valence-corrected chi connectivity index (χ1v) is 17.9. The quantitative estimate of drug-likeness (QED) is 0.115. The third-order valence-corrected chi connectivity index (χ3v) is 12.8. The number of H-pyrrole nitrogens is 1. The highest BCUT2D eigenvalue weighted by molar-refractivity contribution is 6.12. The van der Waals surface area contributed by atoms with Crippen molar-refractivity contribution in [3.63, 3.8) is 0 Å². The first-order valence-electron chi connectivity index (χ1n) is 17.9. The standard InChI is InChI=1S/C41H44N2O8/c1-17-9-8-10-23-14-18(2)20(4)31-26(15-22-16-42-25-12-7-6-11-24(22)25)43-40(50)41(23,31)39(49)30-29(34(46)32(44)19(3)13-17)37-27-21(5)33(45)36(48)35(47)28(27)38(30)51-37/h6-8,10-14,16-17,20,23,26,29-32,37-38,42,44-45,47-48H,9,15H2,1-5H3,(H,43,50)/b10-8+,19-13-/t17?,20?,23?,26?,29?,30?,31?,32?,37-,38+,41?/m0/s1. The molecular formula is C41H44N2O8. The van der Waals surface area contributed by atoms with Crippen LogP contribution in [0.3, 0.4) is 0 Å². The van der Waals surface area contributed by atoms with Crippen molar-refractivity contribution >= 4 is 28.4 Å². The van der Waals surface area contributed by atoms with E-state index in [0.717, 1.165) is 22.0 Å². The summed E-state index contributed by atoms with van der Waals surface area (Å²) in [6.07, 6.45) is 6.90. The fourth-order valence-corrected chi connectivity index (χ4v) is 10.3. The molecule has 5 aliphatic rings. The zero-order chi connectivity index (χ0) is 36.3. The summed E-state index contributed by atoms with van der Waals surface area (Å²) in [6, 6.07) is 7.51. The van der Waals surface area contributed by atoms with Gasteiger partial charge in [-0.3, -0.25) is 14.4 Å². The third-order valence-electron chi connectivity index (χ3n) is 12.8. The van der Waals surface area contributed by atoms with Crippen LogP contribution >= 0.6 is 0 Å². The number of allylic oxidation sites excluding steroid dienone is 5. The van der Waals surface area contributed by atoms with Gasteiger partial charge in [-0.15, -0.1) is 0 Å². The first kappa shape index (κ1) is 33.5. The Labute approximate surface area is 295 Å². The molecule has 0 radical (unpaired) electrons. The number of aliphatic hydroxyl groups is 1. The van der Waals surface area contributed by atoms with Crippen LogP contribution in [0.4, 0.5) is 0 Å². The van der Waals surface area contributed by atoms with Gasteiger partial charge in [0.2, 0.25) is 11.7 Å². The summed E-state index contributed by atoms with van der Waals surface area (Å²) in [7, 11) is 0. The van der Waals surface area contributed by atoms with Crippen molar-refractivity contribution < 1.29 is 39.5 Å². The second kappa shape index (κ2) is 11.7. The molecule has 6 N–H and O–H groups in total. The van der Waals surface area contributed by atoms with Gasteiger partial charge in [0.15, 0.2) is 23.1 Å². The second-order valence-electron chi connectivity index (χ2n) is 15.5. The molecule has 1 aromatic heterocycles. The molecule has 9 unspecified atom stereocenters. The first-order chi connectivity index (χ1) is 24.3. The van der Waals surface area contributed by atoms with Crippen LogP contribution in [0.15, 0.2) is 65.9 Å². The molecule has 3 aliphatic heterocycles. The molecule has 2 aliphatic carbocycles. The van der Waals surface area contributed by atoms with Crippen LogP contribution < -0.4 is 5.32 Å². The van der Waals surface area contributed by atoms with Gasteiger partial charge in [0.05, 0.1) is 24.0 Å². The Kier molecular flexibility index (Phi) is 7.67. The third kappa shape index (κ3) is 4.51. The number of fused-ring (bicyclic) bond motifs is 9. The predicted molar refractivity (Wildman–Crippen MR) is 189 cm³/mol. The van der Waals surface area contributed by atoms with Crippen molar-refractivity contribution in [2.24, 2.45) is 40.9 Å². The van der Waals surface area contributed by atoms with Crippen molar-refractivity contribution in [1.82, 2.24) is 10.3 Å². The minimum Gasteiger partial charge on any atom is -0.504 e. The van der Waals surface area contributed by atoms with Gasteiger partial charge in [0, 0.05) is 46.1 Å². The molecule has 4 heterocycles. The minimum absolute atomic E-state index is 0.0570. The highest BCUT2D eigenvalue weighted by atomic mass is 16.5. The van der Waals surface area contributed by atoms with Crippen LogP contribution in [0.2, 0.25) is 0 Å². The van der Waals surface area contributed by atoms with E-state index in [1.807, 2.05) is 75.5 Å². The lowest BCUT2D eigenvalue weighted by molar-refractivity contribution is -0.152. The number of nitrogens with one attached hydrogen (secondary N) is 2. The number of carbonyl (C=O) groups is 3. The summed E-state index contributed by atoms with van der Waals surface area (Å²) in [5.74, 6) is -7.38. The number of aromatic amines is 1. The molecule has 266 valence electrons. The number of para-hydroxylation sites is 1. The zero-order valence-electron chi connectivity index (χ0n) is 29.3. The summed E-state index contributed by atoms with van der Waals surface area (Å²) >= 11 is 0. The fourth-order valence-electron chi connectivity index (χ4n) is 10.3. The average molecular weight is 693 g/mol. The largest absolute Gasteiger partial charge is 0.504 e. The molecule has 8 rings (SSSR count). The number of phenolic OH excluding ortho intramolecular Hbond substituents is 3. The van der Waals surface area contributed by atoms with Gasteiger partial charge >= 0.3 is 0 Å². The Morgan fingerprint density at radius 3 is 2.39 bits per heavy atom. The normalized spacial score (nSPS) is 37.6. The lowest BCUT2D eigenvalue weighted by Crippen LogP contribution is -2.56. The molecule has 10 nitrogen and oxygen atoms in total. The topological polar surface area (TPSA) is 169 Å². The van der Waals surface area contributed by atoms with E-state index in [4.69, 9.17) is 4.74 Å². The summed E-state index contributed by atoms with van der Waals surface area (Å²) in [5, 5.41) is 48.5. The van der Waals surface area contributed by atoms with Crippen molar-refractivity contribution in [3.05, 3.63) is 88.2 Å². The van der Waals surface area contributed by atoms with Crippen LogP contribution in [0, 0.1) is 47.8 Å². The number of hydrogen-bond donors (Lipinski definition) is 6. The van der Waals surface area contributed by atoms with Gasteiger partial charge in [0.1, 0.15) is 11.5 Å². The summed E-state index contributed by atoms with van der Waals surface area (Å²) in [5.41, 5.74) is 2.47. The molecule has 2 aromatic carbocycles. The van der Waals surface area contributed by atoms with Crippen molar-refractivity contribution in [1.29, 1.82) is 0 Å². The average Bonchev–Trinajstić information content (AvgIpc) is 3.87. The molecule has 11 atom stereocenters. The smallest absolute Gasteiger partial charge is 0.235 e. The fraction of sp³-hybridized carbons (Fsp3) is 0.439. The number of carbonyl (C=O) groups excluding carboxylic acids is 3. The molecule has 10 heteroatoms. The number of rotatable bonds is 2. The Hall–Kier alpha value is -4.67. The van der Waals surface area contributed by atoms with Crippen molar-refractivity contribution in [2.45, 2.75) is 71.8 Å². The molecular weight excluding hydrogens is 648 g/mol. The maximum Gasteiger partial charge on any atom is 0.235 e. The molecule has 2 fully saturated rings. The SMILES string of the molecule is CC1=CC2/C=C/CC(C)/C=C(/C)C(O)C(=O)C3C(C(=O)C24C(=O)NC(Cc2c[nH]c5ccccc25)C4C1C)[C@@H]1O[C@H]3c2c(C)c(O)c(O)c(O)c21. The van der Waals surface area contributed by atoms with Crippen LogP contribution in [0.25, 0.3) is 10.9 Å². The predicted octanol–water partition coefficient (Wildman–Crippen LogP) is 5.55.